The number of hydrogen-bond donors (Lipinski definition) is 0. The number of guanidine groups is 1. The van der Waals surface area contributed by atoms with E-state index in [9.17, 15) is 0 Å². The molecule has 0 amide bonds. The lowest BCUT2D eigenvalue weighted by atomic mass is 10.3. The van der Waals surface area contributed by atoms with Gasteiger partial charge >= 0.3 is 5.96 Å². The Balaban J connectivity index is 5.76. The highest BCUT2D eigenvalue weighted by molar-refractivity contribution is 9.13. The van der Waals surface area contributed by atoms with Gasteiger partial charge in [0.25, 0.3) is 0 Å². The molecule has 0 N–H and O–H groups in total. The first-order chi connectivity index (χ1) is 12.2. The normalized spacial score (nSPS) is 15.9. The Bertz CT molecular complexity index is 354. The van der Waals surface area contributed by atoms with Gasteiger partial charge in [0.2, 0.25) is 0 Å². The smallest absolute Gasteiger partial charge is 0.270 e. The molecule has 0 rings (SSSR count). The molecule has 0 aliphatic rings. The van der Waals surface area contributed by atoms with E-state index in [0.29, 0.717) is 19.3 Å². The van der Waals surface area contributed by atoms with Crippen LogP contribution >= 0.6 is 127 Å². The molecule has 0 saturated carbocycles. The fourth-order valence-corrected chi connectivity index (χ4v) is 4.61. The van der Waals surface area contributed by atoms with Crippen molar-refractivity contribution in [1.29, 1.82) is 0 Å². The van der Waals surface area contributed by atoms with Crippen molar-refractivity contribution in [1.82, 2.24) is 9.80 Å². The Hall–Kier alpha value is 3.11. The molecule has 0 heterocycles. The molecule has 0 spiro atoms. The molecule has 11 heteroatoms. The molecule has 0 aliphatic heterocycles. The van der Waals surface area contributed by atoms with E-state index in [1.807, 2.05) is 0 Å². The summed E-state index contributed by atoms with van der Waals surface area (Å²) >= 11 is 29.5. The van der Waals surface area contributed by atoms with Crippen molar-refractivity contribution in [2.24, 2.45) is 0 Å². The number of nitrogens with zero attached hydrogens (tertiary/aromatic N) is 3. The second-order valence-corrected chi connectivity index (χ2v) is 13.8. The summed E-state index contributed by atoms with van der Waals surface area (Å²) in [5.41, 5.74) is 0. The van der Waals surface area contributed by atoms with Gasteiger partial charge in [-0.2, -0.15) is 0 Å². The summed E-state index contributed by atoms with van der Waals surface area (Å²) in [5, 5.41) is 3.65. The van der Waals surface area contributed by atoms with Crippen LogP contribution in [0.3, 0.4) is 0 Å². The van der Waals surface area contributed by atoms with Crippen molar-refractivity contribution in [3.63, 3.8) is 0 Å². The van der Waals surface area contributed by atoms with Crippen molar-refractivity contribution in [3.8, 4) is 0 Å². The summed E-state index contributed by atoms with van der Waals surface area (Å²) < 4.78 is 2.23. The van der Waals surface area contributed by atoms with E-state index in [1.54, 1.807) is 0 Å². The quantitative estimate of drug-likeness (QED) is 0.105. The largest absolute Gasteiger partial charge is 0.350 e. The lowest BCUT2D eigenvalue weighted by Crippen LogP contribution is -2.55. The zero-order valence-electron chi connectivity index (χ0n) is 14.8. The number of halogens is 8. The molecule has 0 bridgehead atoms. The average molecular weight is 888 g/mol. The van der Waals surface area contributed by atoms with E-state index in [0.717, 1.165) is 47.5 Å². The Kier molecular flexibility index (Phi) is 18.8. The number of hydrogen-bond acceptors (Lipinski definition) is 0. The van der Waals surface area contributed by atoms with Crippen LogP contribution in [-0.4, -0.2) is 101 Å². The average Bonchev–Trinajstić information content (AvgIpc) is 2.60. The number of rotatable bonds is 12. The van der Waals surface area contributed by atoms with Crippen LogP contribution in [0.4, 0.5) is 0 Å². The maximum absolute atomic E-state index is 3.79. The first-order valence-corrected chi connectivity index (χ1v) is 16.2. The van der Waals surface area contributed by atoms with Crippen molar-refractivity contribution in [2.75, 3.05) is 61.6 Å². The molecule has 0 radical (unpaired) electrons. The second kappa shape index (κ2) is 16.8. The van der Waals surface area contributed by atoms with Crippen LogP contribution < -0.4 is 0 Å². The minimum Gasteiger partial charge on any atom is -0.270 e. The number of alkyl halides is 8. The van der Waals surface area contributed by atoms with E-state index in [1.165, 1.54) is 5.96 Å². The highest BCUT2D eigenvalue weighted by Crippen LogP contribution is 2.17. The third kappa shape index (κ3) is 12.1. The fourth-order valence-electron chi connectivity index (χ4n) is 2.39. The molecule has 0 aromatic heterocycles. The molecule has 0 aromatic rings. The van der Waals surface area contributed by atoms with Crippen LogP contribution in [0.2, 0.25) is 0 Å². The summed E-state index contributed by atoms with van der Waals surface area (Å²) in [5.74, 6) is 1.23. The predicted molar refractivity (Wildman–Crippen MR) is 146 cm³/mol. The lowest BCUT2D eigenvalue weighted by Gasteiger charge is -2.32. The van der Waals surface area contributed by atoms with Gasteiger partial charge < -0.3 is 0 Å². The monoisotopic (exact) mass is 880 g/mol. The summed E-state index contributed by atoms with van der Waals surface area (Å²) in [6.07, 6.45) is 0. The topological polar surface area (TPSA) is 9.49 Å². The van der Waals surface area contributed by atoms with Crippen molar-refractivity contribution >= 4 is 133 Å². The molecule has 0 fully saturated rings. The molecule has 26 heavy (non-hydrogen) atoms. The van der Waals surface area contributed by atoms with Crippen LogP contribution in [0.15, 0.2) is 0 Å². The molecule has 0 aliphatic carbocycles. The van der Waals surface area contributed by atoms with Crippen LogP contribution in [-0.2, 0) is 0 Å². The molecule has 0 aromatic carbocycles. The standard InChI is InChI=1S/C15H26Br8N3/c1-24(2)15(25(7-11(20)3-16)8-12(21)4-17)26(9-13(22)5-18)10-14(23)6-19/h11-14H,3-10H2,1-2H3/q+1. The lowest BCUT2D eigenvalue weighted by molar-refractivity contribution is -0.476. The van der Waals surface area contributed by atoms with Gasteiger partial charge in [-0.25, -0.2) is 0 Å². The van der Waals surface area contributed by atoms with E-state index in [-0.39, 0.29) is 0 Å². The Labute approximate surface area is 225 Å². The first kappa shape index (κ1) is 29.1. The summed E-state index contributed by atoms with van der Waals surface area (Å²) in [6.45, 7) is 3.69. The van der Waals surface area contributed by atoms with Gasteiger partial charge in [0.1, 0.15) is 0 Å². The van der Waals surface area contributed by atoms with E-state index in [2.05, 4.69) is 156 Å². The fraction of sp³-hybridized carbons (Fsp3) is 0.933. The molecule has 4 unspecified atom stereocenters. The van der Waals surface area contributed by atoms with Crippen LogP contribution in [0, 0.1) is 0 Å². The van der Waals surface area contributed by atoms with Crippen LogP contribution in [0.5, 0.6) is 0 Å². The first-order valence-electron chi connectivity index (χ1n) is 8.04. The van der Waals surface area contributed by atoms with Crippen molar-refractivity contribution < 1.29 is 4.58 Å². The van der Waals surface area contributed by atoms with Crippen LogP contribution in [0.1, 0.15) is 0 Å². The second-order valence-electron chi connectivity index (χ2n) is 6.01. The SMILES string of the molecule is C[N+](C)=C(N(CC(Br)CBr)CC(Br)CBr)N(CC(Br)CBr)CC(Br)CBr. The summed E-state index contributed by atoms with van der Waals surface area (Å²) in [6, 6.07) is 0. The van der Waals surface area contributed by atoms with E-state index < -0.39 is 0 Å². The zero-order chi connectivity index (χ0) is 20.3. The van der Waals surface area contributed by atoms with Crippen LogP contribution in [0.25, 0.3) is 0 Å². The van der Waals surface area contributed by atoms with Gasteiger partial charge in [-0.1, -0.05) is 127 Å². The molecule has 0 saturated heterocycles. The van der Waals surface area contributed by atoms with Crippen molar-refractivity contribution in [2.45, 2.75) is 19.3 Å². The van der Waals surface area contributed by atoms with Gasteiger partial charge in [0.15, 0.2) is 0 Å². The molecular formula is C15H26Br8N3+. The van der Waals surface area contributed by atoms with Crippen molar-refractivity contribution in [3.05, 3.63) is 0 Å². The third-order valence-electron chi connectivity index (χ3n) is 3.31. The predicted octanol–water partition coefficient (Wildman–Crippen LogP) is 5.85. The summed E-state index contributed by atoms with van der Waals surface area (Å²) in [4.78, 5) is 6.43. The Morgan fingerprint density at radius 3 is 1.00 bits per heavy atom. The molecule has 3 nitrogen and oxygen atoms in total. The highest BCUT2D eigenvalue weighted by Gasteiger charge is 2.32. The summed E-state index contributed by atoms with van der Waals surface area (Å²) in [7, 11) is 4.25. The molecule has 156 valence electrons. The zero-order valence-corrected chi connectivity index (χ0v) is 27.5. The Morgan fingerprint density at radius 1 is 0.615 bits per heavy atom. The third-order valence-corrected chi connectivity index (χ3v) is 12.4. The van der Waals surface area contributed by atoms with E-state index >= 15 is 0 Å². The molecule has 4 atom stereocenters. The molecular weight excluding hydrogens is 861 g/mol. The van der Waals surface area contributed by atoms with Gasteiger partial charge in [0.05, 0.1) is 59.6 Å². The van der Waals surface area contributed by atoms with Gasteiger partial charge in [0, 0.05) is 21.3 Å². The maximum Gasteiger partial charge on any atom is 0.350 e. The van der Waals surface area contributed by atoms with Gasteiger partial charge in [-0.05, 0) is 0 Å². The van der Waals surface area contributed by atoms with E-state index in [4.69, 9.17) is 0 Å². The van der Waals surface area contributed by atoms with Gasteiger partial charge in [-0.3, -0.25) is 14.4 Å². The highest BCUT2D eigenvalue weighted by atomic mass is 79.9. The van der Waals surface area contributed by atoms with Gasteiger partial charge in [-0.15, -0.1) is 0 Å². The Morgan fingerprint density at radius 2 is 0.846 bits per heavy atom. The maximum atomic E-state index is 3.79. The minimum absolute atomic E-state index is 0.376. The minimum atomic E-state index is 0.376.